The molecule has 1 amide bonds. The van der Waals surface area contributed by atoms with Gasteiger partial charge in [0.05, 0.1) is 10.7 Å². The Balaban J connectivity index is 1.69. The van der Waals surface area contributed by atoms with Crippen LogP contribution in [0.25, 0.3) is 16.9 Å². The predicted molar refractivity (Wildman–Crippen MR) is 115 cm³/mol. The van der Waals surface area contributed by atoms with Gasteiger partial charge >= 0.3 is 0 Å². The zero-order valence-corrected chi connectivity index (χ0v) is 17.6. The molecule has 154 valence electrons. The third-order valence-electron chi connectivity index (χ3n) is 5.49. The lowest BCUT2D eigenvalue weighted by Crippen LogP contribution is -2.35. The minimum absolute atomic E-state index is 0.0807. The molecule has 9 heteroatoms. The van der Waals surface area contributed by atoms with Crippen molar-refractivity contribution in [3.05, 3.63) is 55.9 Å². The van der Waals surface area contributed by atoms with Crippen LogP contribution in [0.5, 0.6) is 0 Å². The summed E-state index contributed by atoms with van der Waals surface area (Å²) in [5.41, 5.74) is 0.476. The van der Waals surface area contributed by atoms with Gasteiger partial charge in [-0.15, -0.1) is 0 Å². The lowest BCUT2D eigenvalue weighted by atomic mass is 9.89. The Morgan fingerprint density at radius 1 is 1.30 bits per heavy atom. The predicted octanol–water partition coefficient (Wildman–Crippen LogP) is 4.18. The van der Waals surface area contributed by atoms with Crippen LogP contribution >= 0.6 is 23.2 Å². The normalized spacial score (nSPS) is 14.6. The number of rotatable bonds is 4. The largest absolute Gasteiger partial charge is 0.352 e. The number of fused-ring (bicyclic) bond motifs is 1. The number of nitriles is 1. The van der Waals surface area contributed by atoms with Crippen molar-refractivity contribution in [1.29, 1.82) is 5.26 Å². The molecule has 2 aromatic heterocycles. The summed E-state index contributed by atoms with van der Waals surface area (Å²) in [6.07, 6.45) is 6.97. The third-order valence-corrected chi connectivity index (χ3v) is 6.04. The first-order valence-corrected chi connectivity index (χ1v) is 10.5. The quantitative estimate of drug-likeness (QED) is 0.630. The molecule has 4 rings (SSSR count). The summed E-state index contributed by atoms with van der Waals surface area (Å²) in [5, 5.41) is 16.1. The fourth-order valence-corrected chi connectivity index (χ4v) is 4.39. The van der Waals surface area contributed by atoms with Gasteiger partial charge in [0, 0.05) is 23.3 Å². The topological polar surface area (TPSA) is 103 Å². The van der Waals surface area contributed by atoms with Gasteiger partial charge in [-0.3, -0.25) is 14.7 Å². The second-order valence-electron chi connectivity index (χ2n) is 7.45. The van der Waals surface area contributed by atoms with E-state index >= 15 is 0 Å². The zero-order chi connectivity index (χ0) is 21.3. The number of aromatic amines is 1. The van der Waals surface area contributed by atoms with E-state index in [1.54, 1.807) is 18.2 Å². The molecule has 1 aromatic carbocycles. The summed E-state index contributed by atoms with van der Waals surface area (Å²) in [6.45, 7) is 0.542. The van der Waals surface area contributed by atoms with Gasteiger partial charge < -0.3 is 5.32 Å². The van der Waals surface area contributed by atoms with Crippen molar-refractivity contribution in [2.45, 2.75) is 32.1 Å². The van der Waals surface area contributed by atoms with Gasteiger partial charge in [-0.2, -0.15) is 9.78 Å². The first kappa shape index (κ1) is 20.5. The van der Waals surface area contributed by atoms with Crippen molar-refractivity contribution >= 4 is 34.8 Å². The van der Waals surface area contributed by atoms with Gasteiger partial charge in [0.2, 0.25) is 0 Å². The Morgan fingerprint density at radius 2 is 2.07 bits per heavy atom. The number of H-pyrrole nitrogens is 1. The molecular weight excluding hydrogens is 425 g/mol. The summed E-state index contributed by atoms with van der Waals surface area (Å²) >= 11 is 12.2. The van der Waals surface area contributed by atoms with E-state index in [1.165, 1.54) is 25.5 Å². The maximum atomic E-state index is 12.9. The lowest BCUT2D eigenvalue weighted by Gasteiger charge is -2.21. The molecule has 0 unspecified atom stereocenters. The maximum Gasteiger partial charge on any atom is 0.285 e. The van der Waals surface area contributed by atoms with E-state index in [0.29, 0.717) is 33.8 Å². The highest BCUT2D eigenvalue weighted by Crippen LogP contribution is 2.32. The van der Waals surface area contributed by atoms with E-state index in [4.69, 9.17) is 23.2 Å². The smallest absolute Gasteiger partial charge is 0.285 e. The second kappa shape index (κ2) is 8.50. The zero-order valence-electron chi connectivity index (χ0n) is 16.0. The first-order chi connectivity index (χ1) is 14.5. The Morgan fingerprint density at radius 3 is 2.77 bits per heavy atom. The molecule has 2 heterocycles. The summed E-state index contributed by atoms with van der Waals surface area (Å²) in [7, 11) is 0. The summed E-state index contributed by atoms with van der Waals surface area (Å²) < 4.78 is 1.11. The monoisotopic (exact) mass is 443 g/mol. The minimum atomic E-state index is -0.575. The van der Waals surface area contributed by atoms with E-state index in [9.17, 15) is 14.9 Å². The van der Waals surface area contributed by atoms with Crippen LogP contribution < -0.4 is 10.9 Å². The summed E-state index contributed by atoms with van der Waals surface area (Å²) in [4.78, 5) is 29.7. The second-order valence-corrected chi connectivity index (χ2v) is 8.29. The first-order valence-electron chi connectivity index (χ1n) is 9.77. The molecule has 1 aliphatic rings. The van der Waals surface area contributed by atoms with E-state index in [2.05, 4.69) is 21.5 Å². The third kappa shape index (κ3) is 3.81. The molecular formula is C21H19Cl2N5O2. The Bertz CT molecular complexity index is 1220. The Labute approximate surface area is 182 Å². The number of nitrogens with zero attached hydrogens (tertiary/aromatic N) is 3. The van der Waals surface area contributed by atoms with Gasteiger partial charge in [-0.25, -0.2) is 4.98 Å². The van der Waals surface area contributed by atoms with Gasteiger partial charge in [0.1, 0.15) is 17.2 Å². The molecule has 1 fully saturated rings. The Hall–Kier alpha value is -2.82. The van der Waals surface area contributed by atoms with Crippen LogP contribution in [0.1, 0.15) is 48.0 Å². The molecule has 1 aliphatic carbocycles. The average Bonchev–Trinajstić information content (AvgIpc) is 3.12. The van der Waals surface area contributed by atoms with Crippen molar-refractivity contribution in [2.24, 2.45) is 5.92 Å². The molecule has 30 heavy (non-hydrogen) atoms. The van der Waals surface area contributed by atoms with Crippen molar-refractivity contribution in [3.8, 4) is 17.3 Å². The molecule has 2 N–H and O–H groups in total. The Kier molecular flexibility index (Phi) is 5.80. The number of carbonyl (C=O) groups is 1. The van der Waals surface area contributed by atoms with Crippen LogP contribution in [0.4, 0.5) is 0 Å². The lowest BCUT2D eigenvalue weighted by molar-refractivity contribution is 0.0941. The number of hydrogen-bond donors (Lipinski definition) is 2. The van der Waals surface area contributed by atoms with Crippen LogP contribution in [-0.4, -0.2) is 27.0 Å². The number of benzene rings is 1. The number of hydrogen-bond acceptors (Lipinski definition) is 4. The van der Waals surface area contributed by atoms with Crippen LogP contribution in [-0.2, 0) is 0 Å². The summed E-state index contributed by atoms with van der Waals surface area (Å²) in [5.74, 6) is -0.0249. The molecule has 0 aliphatic heterocycles. The van der Waals surface area contributed by atoms with Crippen LogP contribution in [0.15, 0.2) is 29.2 Å². The van der Waals surface area contributed by atoms with Crippen molar-refractivity contribution in [3.63, 3.8) is 0 Å². The maximum absolute atomic E-state index is 12.9. The molecule has 0 spiro atoms. The highest BCUT2D eigenvalue weighted by molar-refractivity contribution is 6.36. The van der Waals surface area contributed by atoms with Crippen LogP contribution in [0.2, 0.25) is 10.0 Å². The summed E-state index contributed by atoms with van der Waals surface area (Å²) in [6, 6.07) is 6.89. The minimum Gasteiger partial charge on any atom is -0.352 e. The van der Waals surface area contributed by atoms with Gasteiger partial charge in [0.15, 0.2) is 5.65 Å². The molecule has 0 bridgehead atoms. The van der Waals surface area contributed by atoms with Gasteiger partial charge in [-0.1, -0.05) is 42.5 Å². The van der Waals surface area contributed by atoms with Crippen molar-refractivity contribution in [1.82, 2.24) is 19.9 Å². The molecule has 0 atom stereocenters. The SMILES string of the molecule is N#Cc1c(-c2ccc(Cl)cc2Cl)[nH]n2c(=O)c(C(=O)NCC3CCCCC3)cnc12. The van der Waals surface area contributed by atoms with Gasteiger partial charge in [-0.05, 0) is 37.0 Å². The van der Waals surface area contributed by atoms with Crippen molar-refractivity contribution in [2.75, 3.05) is 6.54 Å². The van der Waals surface area contributed by atoms with Crippen LogP contribution in [0.3, 0.4) is 0 Å². The number of aromatic nitrogens is 3. The molecule has 1 saturated carbocycles. The molecule has 0 radical (unpaired) electrons. The standard InChI is InChI=1S/C21H19Cl2N5O2/c22-13-6-7-14(17(23)8-13)18-15(9-24)19-25-11-16(21(30)28(19)27-18)20(29)26-10-12-4-2-1-3-5-12/h6-8,11-12,27H,1-5,10H2,(H,26,29). The number of halogens is 2. The highest BCUT2D eigenvalue weighted by Gasteiger charge is 2.22. The number of amides is 1. The van der Waals surface area contributed by atoms with E-state index in [0.717, 1.165) is 17.4 Å². The number of carbonyl (C=O) groups excluding carboxylic acids is 1. The van der Waals surface area contributed by atoms with Crippen LogP contribution in [0, 0.1) is 17.2 Å². The fraction of sp³-hybridized carbons (Fsp3) is 0.333. The van der Waals surface area contributed by atoms with Gasteiger partial charge in [0.25, 0.3) is 11.5 Å². The molecule has 0 saturated heterocycles. The van der Waals surface area contributed by atoms with E-state index in [1.807, 2.05) is 0 Å². The van der Waals surface area contributed by atoms with Crippen molar-refractivity contribution < 1.29 is 4.79 Å². The molecule has 3 aromatic rings. The number of nitrogens with one attached hydrogen (secondary N) is 2. The highest BCUT2D eigenvalue weighted by atomic mass is 35.5. The van der Waals surface area contributed by atoms with E-state index < -0.39 is 11.5 Å². The fourth-order valence-electron chi connectivity index (χ4n) is 3.89. The van der Waals surface area contributed by atoms with E-state index in [-0.39, 0.29) is 16.8 Å². The average molecular weight is 444 g/mol. The molecule has 7 nitrogen and oxygen atoms in total.